The Morgan fingerprint density at radius 2 is 1.88 bits per heavy atom. The van der Waals surface area contributed by atoms with E-state index in [0.717, 1.165) is 54.6 Å². The number of piperidine rings is 1. The fourth-order valence-electron chi connectivity index (χ4n) is 5.17. The summed E-state index contributed by atoms with van der Waals surface area (Å²) in [4.78, 5) is 22.5. The topological polar surface area (TPSA) is 45.7 Å². The molecule has 0 saturated carbocycles. The number of ether oxygens (including phenoxy) is 1. The number of amides is 1. The van der Waals surface area contributed by atoms with Crippen molar-refractivity contribution in [2.45, 2.75) is 32.2 Å². The lowest BCUT2D eigenvalue weighted by Gasteiger charge is -2.28. The van der Waals surface area contributed by atoms with E-state index in [2.05, 4.69) is 46.3 Å². The van der Waals surface area contributed by atoms with Gasteiger partial charge in [0.25, 0.3) is 5.91 Å². The van der Waals surface area contributed by atoms with E-state index in [-0.39, 0.29) is 11.8 Å². The molecule has 1 unspecified atom stereocenters. The Labute approximate surface area is 196 Å². The van der Waals surface area contributed by atoms with Crippen LogP contribution in [-0.2, 0) is 17.7 Å². The zero-order chi connectivity index (χ0) is 22.5. The third-order valence-electron chi connectivity index (χ3n) is 6.91. The molecule has 0 bridgehead atoms. The van der Waals surface area contributed by atoms with Gasteiger partial charge in [0.05, 0.1) is 18.7 Å². The summed E-state index contributed by atoms with van der Waals surface area (Å²) in [5.74, 6) is 0.417. The number of carbonyl (C=O) groups is 1. The first-order chi connectivity index (χ1) is 16.3. The van der Waals surface area contributed by atoms with E-state index < -0.39 is 0 Å². The summed E-state index contributed by atoms with van der Waals surface area (Å²) >= 11 is 0. The van der Waals surface area contributed by atoms with Gasteiger partial charge in [0.2, 0.25) is 0 Å². The van der Waals surface area contributed by atoms with Crippen LogP contribution in [0.25, 0.3) is 10.9 Å². The normalized spacial score (nSPS) is 20.0. The molecule has 2 aromatic carbocycles. The Balaban J connectivity index is 1.30. The second-order valence-corrected chi connectivity index (χ2v) is 9.42. The summed E-state index contributed by atoms with van der Waals surface area (Å²) in [7, 11) is 0. The lowest BCUT2D eigenvalue weighted by atomic mass is 9.97. The average Bonchev–Trinajstić information content (AvgIpc) is 3.10. The third-order valence-corrected chi connectivity index (χ3v) is 6.91. The quantitative estimate of drug-likeness (QED) is 0.580. The first-order valence-electron chi connectivity index (χ1n) is 12.3. The standard InChI is InChI=1S/C28H33N3O2/c32-28(26-9-3-2-7-25(26)20-30-13-4-1-5-14-30)31-15-16-33-21-23(19-31)17-22-10-11-27-24(18-22)8-6-12-29-27/h2-3,6-12,18,23H,1,4-5,13-17,19-21H2. The molecule has 1 atom stereocenters. The molecule has 0 aliphatic carbocycles. The van der Waals surface area contributed by atoms with Crippen LogP contribution < -0.4 is 0 Å². The van der Waals surface area contributed by atoms with Gasteiger partial charge < -0.3 is 9.64 Å². The minimum atomic E-state index is 0.140. The number of fused-ring (bicyclic) bond motifs is 1. The Morgan fingerprint density at radius 3 is 2.79 bits per heavy atom. The highest BCUT2D eigenvalue weighted by molar-refractivity contribution is 5.95. The molecule has 2 saturated heterocycles. The van der Waals surface area contributed by atoms with E-state index in [9.17, 15) is 4.79 Å². The average molecular weight is 444 g/mol. The van der Waals surface area contributed by atoms with Crippen LogP contribution >= 0.6 is 0 Å². The molecular weight excluding hydrogens is 410 g/mol. The van der Waals surface area contributed by atoms with Gasteiger partial charge in [0.1, 0.15) is 0 Å². The van der Waals surface area contributed by atoms with Crippen LogP contribution in [0, 0.1) is 5.92 Å². The minimum Gasteiger partial charge on any atom is -0.379 e. The molecule has 3 aromatic rings. The van der Waals surface area contributed by atoms with E-state index in [1.807, 2.05) is 29.3 Å². The number of nitrogens with zero attached hydrogens (tertiary/aromatic N) is 3. The lowest BCUT2D eigenvalue weighted by molar-refractivity contribution is 0.0734. The summed E-state index contributed by atoms with van der Waals surface area (Å²) in [6.07, 6.45) is 6.55. The highest BCUT2D eigenvalue weighted by Gasteiger charge is 2.25. The van der Waals surface area contributed by atoms with Crippen LogP contribution in [0.4, 0.5) is 0 Å². The lowest BCUT2D eigenvalue weighted by Crippen LogP contribution is -2.37. The molecule has 2 aliphatic rings. The number of carbonyl (C=O) groups excluding carboxylic acids is 1. The Kier molecular flexibility index (Phi) is 6.98. The molecule has 1 amide bonds. The van der Waals surface area contributed by atoms with Crippen LogP contribution in [0.15, 0.2) is 60.8 Å². The van der Waals surface area contributed by atoms with Gasteiger partial charge in [-0.3, -0.25) is 14.7 Å². The van der Waals surface area contributed by atoms with Crippen molar-refractivity contribution in [3.63, 3.8) is 0 Å². The summed E-state index contributed by atoms with van der Waals surface area (Å²) < 4.78 is 5.92. The summed E-state index contributed by atoms with van der Waals surface area (Å²) in [5.41, 5.74) is 4.28. The summed E-state index contributed by atoms with van der Waals surface area (Å²) in [6, 6.07) is 18.7. The van der Waals surface area contributed by atoms with Crippen molar-refractivity contribution in [3.05, 3.63) is 77.5 Å². The highest BCUT2D eigenvalue weighted by atomic mass is 16.5. The van der Waals surface area contributed by atoms with E-state index in [1.54, 1.807) is 0 Å². The number of likely N-dealkylation sites (tertiary alicyclic amines) is 1. The fraction of sp³-hybridized carbons (Fsp3) is 0.429. The smallest absolute Gasteiger partial charge is 0.254 e. The number of hydrogen-bond acceptors (Lipinski definition) is 4. The van der Waals surface area contributed by atoms with Gasteiger partial charge in [-0.2, -0.15) is 0 Å². The van der Waals surface area contributed by atoms with E-state index in [1.165, 1.54) is 24.8 Å². The van der Waals surface area contributed by atoms with Gasteiger partial charge in [-0.15, -0.1) is 0 Å². The molecule has 5 heteroatoms. The van der Waals surface area contributed by atoms with E-state index >= 15 is 0 Å². The SMILES string of the molecule is O=C(c1ccccc1CN1CCCCC1)N1CCOCC(Cc2ccc3ncccc3c2)C1. The first kappa shape index (κ1) is 22.1. The minimum absolute atomic E-state index is 0.140. The molecule has 5 nitrogen and oxygen atoms in total. The molecule has 2 fully saturated rings. The summed E-state index contributed by atoms with van der Waals surface area (Å²) in [5, 5.41) is 1.16. The Hall–Kier alpha value is -2.76. The number of rotatable bonds is 5. The van der Waals surface area contributed by atoms with Gasteiger partial charge >= 0.3 is 0 Å². The molecule has 0 spiro atoms. The van der Waals surface area contributed by atoms with Crippen molar-refractivity contribution in [3.8, 4) is 0 Å². The van der Waals surface area contributed by atoms with Crippen molar-refractivity contribution in [1.29, 1.82) is 0 Å². The maximum Gasteiger partial charge on any atom is 0.254 e. The van der Waals surface area contributed by atoms with Crippen LogP contribution in [0.5, 0.6) is 0 Å². The van der Waals surface area contributed by atoms with Crippen molar-refractivity contribution >= 4 is 16.8 Å². The van der Waals surface area contributed by atoms with Crippen molar-refractivity contribution in [2.24, 2.45) is 5.92 Å². The largest absolute Gasteiger partial charge is 0.379 e. The van der Waals surface area contributed by atoms with E-state index in [0.29, 0.717) is 19.8 Å². The molecule has 1 aromatic heterocycles. The van der Waals surface area contributed by atoms with Gasteiger partial charge in [0.15, 0.2) is 0 Å². The molecular formula is C28H33N3O2. The van der Waals surface area contributed by atoms with Crippen LogP contribution in [0.1, 0.15) is 40.7 Å². The van der Waals surface area contributed by atoms with Gasteiger partial charge in [0, 0.05) is 42.7 Å². The Morgan fingerprint density at radius 1 is 1.00 bits per heavy atom. The number of aromatic nitrogens is 1. The zero-order valence-electron chi connectivity index (χ0n) is 19.3. The van der Waals surface area contributed by atoms with Crippen LogP contribution in [0.2, 0.25) is 0 Å². The van der Waals surface area contributed by atoms with Crippen molar-refractivity contribution < 1.29 is 9.53 Å². The number of benzene rings is 2. The molecule has 2 aliphatic heterocycles. The van der Waals surface area contributed by atoms with Crippen molar-refractivity contribution in [1.82, 2.24) is 14.8 Å². The van der Waals surface area contributed by atoms with Crippen LogP contribution in [0.3, 0.4) is 0 Å². The zero-order valence-corrected chi connectivity index (χ0v) is 19.3. The third kappa shape index (κ3) is 5.43. The fourth-order valence-corrected chi connectivity index (χ4v) is 5.17. The van der Waals surface area contributed by atoms with Gasteiger partial charge in [-0.05, 0) is 67.7 Å². The highest BCUT2D eigenvalue weighted by Crippen LogP contribution is 2.22. The van der Waals surface area contributed by atoms with Gasteiger partial charge in [-0.1, -0.05) is 36.8 Å². The Bertz CT molecular complexity index is 1090. The number of hydrogen-bond donors (Lipinski definition) is 0. The maximum atomic E-state index is 13.6. The predicted molar refractivity (Wildman–Crippen MR) is 131 cm³/mol. The molecule has 3 heterocycles. The monoisotopic (exact) mass is 443 g/mol. The molecule has 5 rings (SSSR count). The molecule has 33 heavy (non-hydrogen) atoms. The second kappa shape index (κ2) is 10.4. The number of pyridine rings is 1. The van der Waals surface area contributed by atoms with E-state index in [4.69, 9.17) is 4.74 Å². The molecule has 0 N–H and O–H groups in total. The molecule has 172 valence electrons. The predicted octanol–water partition coefficient (Wildman–Crippen LogP) is 4.55. The van der Waals surface area contributed by atoms with Crippen molar-refractivity contribution in [2.75, 3.05) is 39.4 Å². The van der Waals surface area contributed by atoms with Gasteiger partial charge in [-0.25, -0.2) is 0 Å². The van der Waals surface area contributed by atoms with Crippen LogP contribution in [-0.4, -0.2) is 60.1 Å². The molecule has 0 radical (unpaired) electrons. The maximum absolute atomic E-state index is 13.6. The first-order valence-corrected chi connectivity index (χ1v) is 12.3. The summed E-state index contributed by atoms with van der Waals surface area (Å²) in [6.45, 7) is 5.77. The second-order valence-electron chi connectivity index (χ2n) is 9.42.